The van der Waals surface area contributed by atoms with E-state index in [0.717, 1.165) is 0 Å². The topological polar surface area (TPSA) is 88.3 Å². The molecule has 3 amide bonds. The second-order valence-electron chi connectivity index (χ2n) is 4.88. The molecule has 0 saturated carbocycles. The van der Waals surface area contributed by atoms with Crippen molar-refractivity contribution in [3.8, 4) is 0 Å². The van der Waals surface area contributed by atoms with Gasteiger partial charge in [0.05, 0.1) is 6.54 Å². The predicted molar refractivity (Wildman–Crippen MR) is 77.9 cm³/mol. The Bertz CT molecular complexity index is 589. The summed E-state index contributed by atoms with van der Waals surface area (Å²) in [7, 11) is 0. The van der Waals surface area contributed by atoms with E-state index < -0.39 is 11.6 Å². The summed E-state index contributed by atoms with van der Waals surface area (Å²) in [4.78, 5) is 29.7. The molecule has 106 valence electrons. The fourth-order valence-corrected chi connectivity index (χ4v) is 2.27. The molecule has 0 radical (unpaired) electrons. The summed E-state index contributed by atoms with van der Waals surface area (Å²) in [5.41, 5.74) is 5.85. The van der Waals surface area contributed by atoms with Gasteiger partial charge < -0.3 is 11.1 Å². The smallest absolute Gasteiger partial charge is 0.325 e. The van der Waals surface area contributed by atoms with Gasteiger partial charge in [-0.15, -0.1) is 0 Å². The van der Waals surface area contributed by atoms with Gasteiger partial charge in [-0.2, -0.15) is 0 Å². The van der Waals surface area contributed by atoms with Crippen LogP contribution in [0.5, 0.6) is 0 Å². The molecule has 0 spiro atoms. The standard InChI is InChI=1S/C13H16N4O2S/c1-3-13(2)11(18)17(12(19)16-13)7-8-5-4-6-15-9(8)10(14)20/h4-6H,3,7H2,1-2H3,(H2,14,20)(H,16,19). The highest BCUT2D eigenvalue weighted by Crippen LogP contribution is 2.23. The number of urea groups is 1. The van der Waals surface area contributed by atoms with Crippen molar-refractivity contribution in [3.05, 3.63) is 29.6 Å². The summed E-state index contributed by atoms with van der Waals surface area (Å²) in [6.45, 7) is 3.68. The van der Waals surface area contributed by atoms with E-state index in [9.17, 15) is 9.59 Å². The molecule has 2 heterocycles. The first kappa shape index (κ1) is 14.4. The minimum atomic E-state index is -0.845. The number of hydrogen-bond donors (Lipinski definition) is 2. The minimum Gasteiger partial charge on any atom is -0.388 e. The molecule has 0 aromatic carbocycles. The van der Waals surface area contributed by atoms with Crippen molar-refractivity contribution in [2.24, 2.45) is 5.73 Å². The summed E-state index contributed by atoms with van der Waals surface area (Å²) in [6, 6.07) is 3.07. The zero-order valence-corrected chi connectivity index (χ0v) is 12.2. The van der Waals surface area contributed by atoms with Gasteiger partial charge in [-0.3, -0.25) is 14.7 Å². The normalized spacial score (nSPS) is 22.0. The van der Waals surface area contributed by atoms with Gasteiger partial charge in [0.2, 0.25) is 0 Å². The lowest BCUT2D eigenvalue weighted by Gasteiger charge is -2.19. The maximum atomic E-state index is 12.3. The van der Waals surface area contributed by atoms with Crippen molar-refractivity contribution in [2.75, 3.05) is 0 Å². The molecular formula is C13H16N4O2S. The number of thiocarbonyl (C=S) groups is 1. The second-order valence-corrected chi connectivity index (χ2v) is 5.32. The molecule has 1 aromatic heterocycles. The van der Waals surface area contributed by atoms with E-state index in [1.165, 1.54) is 4.90 Å². The minimum absolute atomic E-state index is 0.112. The van der Waals surface area contributed by atoms with Crippen molar-refractivity contribution in [1.29, 1.82) is 0 Å². The van der Waals surface area contributed by atoms with Crippen LogP contribution in [0.15, 0.2) is 18.3 Å². The maximum Gasteiger partial charge on any atom is 0.325 e. The average molecular weight is 292 g/mol. The van der Waals surface area contributed by atoms with Crippen LogP contribution in [0.1, 0.15) is 31.5 Å². The van der Waals surface area contributed by atoms with Gasteiger partial charge in [0.25, 0.3) is 5.91 Å². The van der Waals surface area contributed by atoms with Crippen LogP contribution in [0.4, 0.5) is 4.79 Å². The SMILES string of the molecule is CCC1(C)NC(=O)N(Cc2cccnc2C(N)=S)C1=O. The Balaban J connectivity index is 2.30. The number of carbonyl (C=O) groups excluding carboxylic acids is 2. The molecule has 1 fully saturated rings. The van der Waals surface area contributed by atoms with Gasteiger partial charge in [-0.1, -0.05) is 25.2 Å². The lowest BCUT2D eigenvalue weighted by atomic mass is 9.99. The quantitative estimate of drug-likeness (QED) is 0.637. The molecule has 3 N–H and O–H groups in total. The fourth-order valence-electron chi connectivity index (χ4n) is 2.09. The molecule has 1 saturated heterocycles. The van der Waals surface area contributed by atoms with Crippen LogP contribution in [0.25, 0.3) is 0 Å². The van der Waals surface area contributed by atoms with E-state index in [4.69, 9.17) is 18.0 Å². The fraction of sp³-hybridized carbons (Fsp3) is 0.385. The number of carbonyl (C=O) groups is 2. The van der Waals surface area contributed by atoms with Crippen LogP contribution in [-0.4, -0.2) is 32.3 Å². The number of nitrogens with one attached hydrogen (secondary N) is 1. The summed E-state index contributed by atoms with van der Waals surface area (Å²) >= 11 is 4.93. The summed E-state index contributed by atoms with van der Waals surface area (Å²) < 4.78 is 0. The molecule has 20 heavy (non-hydrogen) atoms. The Morgan fingerprint density at radius 1 is 1.55 bits per heavy atom. The van der Waals surface area contributed by atoms with Crippen LogP contribution in [-0.2, 0) is 11.3 Å². The van der Waals surface area contributed by atoms with Crippen molar-refractivity contribution < 1.29 is 9.59 Å². The number of hydrogen-bond acceptors (Lipinski definition) is 4. The molecule has 1 aliphatic heterocycles. The van der Waals surface area contributed by atoms with Crippen LogP contribution in [0.3, 0.4) is 0 Å². The second kappa shape index (κ2) is 5.16. The van der Waals surface area contributed by atoms with E-state index in [2.05, 4.69) is 10.3 Å². The van der Waals surface area contributed by atoms with E-state index in [-0.39, 0.29) is 17.4 Å². The zero-order valence-electron chi connectivity index (χ0n) is 11.3. The van der Waals surface area contributed by atoms with Crippen LogP contribution >= 0.6 is 12.2 Å². The lowest BCUT2D eigenvalue weighted by molar-refractivity contribution is -0.131. The molecule has 1 atom stereocenters. The monoisotopic (exact) mass is 292 g/mol. The van der Waals surface area contributed by atoms with E-state index >= 15 is 0 Å². The highest BCUT2D eigenvalue weighted by molar-refractivity contribution is 7.80. The first-order valence-electron chi connectivity index (χ1n) is 6.27. The van der Waals surface area contributed by atoms with Crippen molar-refractivity contribution in [3.63, 3.8) is 0 Å². The van der Waals surface area contributed by atoms with Gasteiger partial charge in [0, 0.05) is 11.8 Å². The number of aromatic nitrogens is 1. The third-order valence-electron chi connectivity index (χ3n) is 3.51. The van der Waals surface area contributed by atoms with E-state index in [1.54, 1.807) is 25.3 Å². The molecule has 6 nitrogen and oxygen atoms in total. The van der Waals surface area contributed by atoms with Gasteiger partial charge in [-0.05, 0) is 19.4 Å². The van der Waals surface area contributed by atoms with Crippen LogP contribution in [0.2, 0.25) is 0 Å². The van der Waals surface area contributed by atoms with E-state index in [1.807, 2.05) is 6.92 Å². The Kier molecular flexibility index (Phi) is 3.71. The number of pyridine rings is 1. The molecular weight excluding hydrogens is 276 g/mol. The van der Waals surface area contributed by atoms with Crippen LogP contribution < -0.4 is 11.1 Å². The molecule has 1 unspecified atom stereocenters. The summed E-state index contributed by atoms with van der Waals surface area (Å²) in [5, 5.41) is 2.70. The predicted octanol–water partition coefficient (Wildman–Crippen LogP) is 0.936. The summed E-state index contributed by atoms with van der Waals surface area (Å²) in [6.07, 6.45) is 2.10. The number of nitrogens with two attached hydrogens (primary N) is 1. The number of rotatable bonds is 4. The molecule has 1 aliphatic rings. The maximum absolute atomic E-state index is 12.3. The highest BCUT2D eigenvalue weighted by Gasteiger charge is 2.46. The number of nitrogens with zero attached hydrogens (tertiary/aromatic N) is 2. The van der Waals surface area contributed by atoms with Crippen LogP contribution in [0, 0.1) is 0 Å². The summed E-state index contributed by atoms with van der Waals surface area (Å²) in [5.74, 6) is -0.247. The number of amides is 3. The molecule has 0 bridgehead atoms. The van der Waals surface area contributed by atoms with Gasteiger partial charge in [0.1, 0.15) is 16.2 Å². The van der Waals surface area contributed by atoms with Gasteiger partial charge >= 0.3 is 6.03 Å². The molecule has 0 aliphatic carbocycles. The third-order valence-corrected chi connectivity index (χ3v) is 3.70. The average Bonchev–Trinajstić information content (AvgIpc) is 2.63. The number of imide groups is 1. The first-order chi connectivity index (χ1) is 9.39. The van der Waals surface area contributed by atoms with Gasteiger partial charge in [-0.25, -0.2) is 4.79 Å². The third kappa shape index (κ3) is 2.36. The van der Waals surface area contributed by atoms with Crippen molar-refractivity contribution in [2.45, 2.75) is 32.4 Å². The highest BCUT2D eigenvalue weighted by atomic mass is 32.1. The Labute approximate surface area is 122 Å². The largest absolute Gasteiger partial charge is 0.388 e. The zero-order chi connectivity index (χ0) is 14.9. The Hall–Kier alpha value is -2.02. The van der Waals surface area contributed by atoms with E-state index in [0.29, 0.717) is 17.7 Å². The first-order valence-corrected chi connectivity index (χ1v) is 6.67. The molecule has 7 heteroatoms. The Morgan fingerprint density at radius 2 is 2.25 bits per heavy atom. The van der Waals surface area contributed by atoms with Crippen molar-refractivity contribution >= 4 is 29.1 Å². The molecule has 1 aromatic rings. The lowest BCUT2D eigenvalue weighted by Crippen LogP contribution is -2.43. The Morgan fingerprint density at radius 3 is 2.80 bits per heavy atom. The van der Waals surface area contributed by atoms with Gasteiger partial charge in [0.15, 0.2) is 0 Å². The molecule has 2 rings (SSSR count). The van der Waals surface area contributed by atoms with Crippen molar-refractivity contribution in [1.82, 2.24) is 15.2 Å².